The van der Waals surface area contributed by atoms with Crippen LogP contribution in [0.4, 0.5) is 9.93 Å². The Morgan fingerprint density at radius 2 is 2.00 bits per heavy atom. The minimum atomic E-state index is -0.299. The lowest BCUT2D eigenvalue weighted by molar-refractivity contribution is 0.150. The van der Waals surface area contributed by atoms with Gasteiger partial charge in [-0.25, -0.2) is 9.78 Å². The zero-order valence-electron chi connectivity index (χ0n) is 15.0. The number of nitrogens with one attached hydrogen (secondary N) is 2. The van der Waals surface area contributed by atoms with Crippen LogP contribution in [0.5, 0.6) is 0 Å². The van der Waals surface area contributed by atoms with Gasteiger partial charge in [0.05, 0.1) is 12.3 Å². The van der Waals surface area contributed by atoms with Crippen LogP contribution < -0.4 is 10.6 Å². The van der Waals surface area contributed by atoms with Crippen molar-refractivity contribution < 1.29 is 9.53 Å². The molecule has 2 heterocycles. The van der Waals surface area contributed by atoms with Crippen LogP contribution >= 0.6 is 11.3 Å². The molecule has 134 valence electrons. The van der Waals surface area contributed by atoms with Gasteiger partial charge in [0.25, 0.3) is 0 Å². The van der Waals surface area contributed by atoms with Gasteiger partial charge in [0, 0.05) is 31.1 Å². The zero-order chi connectivity index (χ0) is 18.5. The summed E-state index contributed by atoms with van der Waals surface area (Å²) in [5, 5.41) is 5.93. The fourth-order valence-corrected chi connectivity index (χ4v) is 2.47. The summed E-state index contributed by atoms with van der Waals surface area (Å²) in [6.45, 7) is 9.36. The average molecular weight is 360 g/mol. The van der Waals surface area contributed by atoms with Crippen LogP contribution in [-0.2, 0) is 4.74 Å². The minimum Gasteiger partial charge on any atom is -0.380 e. The molecule has 2 aromatic heterocycles. The van der Waals surface area contributed by atoms with Gasteiger partial charge in [0.2, 0.25) is 0 Å². The molecule has 25 heavy (non-hydrogen) atoms. The molecular formula is C18H24N4O2S. The normalized spacial score (nSPS) is 9.28. The van der Waals surface area contributed by atoms with E-state index in [-0.39, 0.29) is 6.03 Å². The van der Waals surface area contributed by atoms with Gasteiger partial charge >= 0.3 is 6.03 Å². The molecule has 0 spiro atoms. The SMILES string of the molecule is CC.CCOCCNC(=O)Nc1nc(C)c(C#Cc2ccncc2)s1. The van der Waals surface area contributed by atoms with Crippen molar-refractivity contribution in [2.45, 2.75) is 27.7 Å². The van der Waals surface area contributed by atoms with Crippen LogP contribution in [0, 0.1) is 18.8 Å². The molecule has 7 heteroatoms. The quantitative estimate of drug-likeness (QED) is 0.633. The van der Waals surface area contributed by atoms with Crippen molar-refractivity contribution in [3.8, 4) is 11.8 Å². The van der Waals surface area contributed by atoms with E-state index in [0.717, 1.165) is 16.1 Å². The third-order valence-corrected chi connectivity index (χ3v) is 3.74. The monoisotopic (exact) mass is 360 g/mol. The second kappa shape index (κ2) is 12.0. The summed E-state index contributed by atoms with van der Waals surface area (Å²) in [6, 6.07) is 3.38. The van der Waals surface area contributed by atoms with Crippen molar-refractivity contribution >= 4 is 22.5 Å². The highest BCUT2D eigenvalue weighted by atomic mass is 32.1. The van der Waals surface area contributed by atoms with Gasteiger partial charge in [-0.2, -0.15) is 0 Å². The van der Waals surface area contributed by atoms with E-state index in [0.29, 0.717) is 24.9 Å². The van der Waals surface area contributed by atoms with Crippen LogP contribution in [0.25, 0.3) is 0 Å². The molecule has 0 aliphatic heterocycles. The minimum absolute atomic E-state index is 0.299. The van der Waals surface area contributed by atoms with E-state index in [2.05, 4.69) is 32.4 Å². The summed E-state index contributed by atoms with van der Waals surface area (Å²) in [6.07, 6.45) is 3.40. The fourth-order valence-electron chi connectivity index (χ4n) is 1.65. The third-order valence-electron chi connectivity index (χ3n) is 2.75. The fraction of sp³-hybridized carbons (Fsp3) is 0.389. The van der Waals surface area contributed by atoms with Gasteiger partial charge in [0.1, 0.15) is 4.88 Å². The van der Waals surface area contributed by atoms with E-state index in [1.165, 1.54) is 11.3 Å². The van der Waals surface area contributed by atoms with Crippen LogP contribution in [0.15, 0.2) is 24.5 Å². The number of ether oxygens (including phenoxy) is 1. The highest BCUT2D eigenvalue weighted by Crippen LogP contribution is 2.21. The number of amides is 2. The summed E-state index contributed by atoms with van der Waals surface area (Å²) >= 11 is 1.35. The number of aromatic nitrogens is 2. The van der Waals surface area contributed by atoms with Crippen LogP contribution in [0.1, 0.15) is 36.9 Å². The molecule has 2 aromatic rings. The first-order valence-electron chi connectivity index (χ1n) is 8.21. The maximum absolute atomic E-state index is 11.7. The predicted molar refractivity (Wildman–Crippen MR) is 102 cm³/mol. The van der Waals surface area contributed by atoms with Crippen molar-refractivity contribution in [2.75, 3.05) is 25.1 Å². The third kappa shape index (κ3) is 7.79. The Morgan fingerprint density at radius 1 is 1.28 bits per heavy atom. The number of aryl methyl sites for hydroxylation is 1. The van der Waals surface area contributed by atoms with E-state index in [9.17, 15) is 4.79 Å². The number of pyridine rings is 1. The van der Waals surface area contributed by atoms with Gasteiger partial charge in [-0.1, -0.05) is 31.1 Å². The molecule has 0 radical (unpaired) electrons. The number of thiazole rings is 1. The second-order valence-electron chi connectivity index (χ2n) is 4.50. The smallest absolute Gasteiger partial charge is 0.321 e. The molecule has 0 fully saturated rings. The summed E-state index contributed by atoms with van der Waals surface area (Å²) in [7, 11) is 0. The molecule has 0 aliphatic rings. The maximum atomic E-state index is 11.7. The molecule has 0 saturated heterocycles. The van der Waals surface area contributed by atoms with Gasteiger partial charge in [-0.3, -0.25) is 10.3 Å². The molecule has 0 saturated carbocycles. The number of urea groups is 1. The number of carbonyl (C=O) groups excluding carboxylic acids is 1. The van der Waals surface area contributed by atoms with Crippen molar-refractivity contribution in [2.24, 2.45) is 0 Å². The van der Waals surface area contributed by atoms with E-state index >= 15 is 0 Å². The topological polar surface area (TPSA) is 76.1 Å². The Labute approximate surface area is 153 Å². The number of nitrogens with zero attached hydrogens (tertiary/aromatic N) is 2. The highest BCUT2D eigenvalue weighted by Gasteiger charge is 2.08. The standard InChI is InChI=1S/C16H18N4O2S.C2H6/c1-3-22-11-10-18-15(21)20-16-19-12(2)14(23-16)5-4-13-6-8-17-9-7-13;1-2/h6-9H,3,10-11H2,1-2H3,(H2,18,19,20,21);1-2H3. The molecule has 2 amide bonds. The first kappa shape index (κ1) is 20.6. The molecule has 0 aromatic carbocycles. The number of carbonyl (C=O) groups is 1. The van der Waals surface area contributed by atoms with Crippen molar-refractivity contribution in [1.82, 2.24) is 15.3 Å². The summed E-state index contributed by atoms with van der Waals surface area (Å²) in [5.41, 5.74) is 1.68. The lowest BCUT2D eigenvalue weighted by Crippen LogP contribution is -2.31. The molecule has 2 N–H and O–H groups in total. The lowest BCUT2D eigenvalue weighted by Gasteiger charge is -2.04. The van der Waals surface area contributed by atoms with Gasteiger partial charge in [-0.15, -0.1) is 0 Å². The van der Waals surface area contributed by atoms with Crippen molar-refractivity contribution in [1.29, 1.82) is 0 Å². The predicted octanol–water partition coefficient (Wildman–Crippen LogP) is 3.43. The molecule has 0 bridgehead atoms. The van der Waals surface area contributed by atoms with Crippen LogP contribution in [0.2, 0.25) is 0 Å². The van der Waals surface area contributed by atoms with Crippen molar-refractivity contribution in [3.05, 3.63) is 40.7 Å². The number of anilines is 1. The van der Waals surface area contributed by atoms with Gasteiger partial charge in [-0.05, 0) is 31.9 Å². The molecule has 0 aliphatic carbocycles. The van der Waals surface area contributed by atoms with E-state index in [4.69, 9.17) is 4.74 Å². The van der Waals surface area contributed by atoms with Crippen molar-refractivity contribution in [3.63, 3.8) is 0 Å². The first-order chi connectivity index (χ1) is 12.2. The number of hydrogen-bond donors (Lipinski definition) is 2. The number of hydrogen-bond acceptors (Lipinski definition) is 5. The largest absolute Gasteiger partial charge is 0.380 e. The molecule has 6 nitrogen and oxygen atoms in total. The summed E-state index contributed by atoms with van der Waals surface area (Å²) in [5.74, 6) is 6.12. The molecule has 0 unspecified atom stereocenters. The Balaban J connectivity index is 0.00000151. The summed E-state index contributed by atoms with van der Waals surface area (Å²) < 4.78 is 5.15. The van der Waals surface area contributed by atoms with E-state index in [1.807, 2.05) is 39.8 Å². The second-order valence-corrected chi connectivity index (χ2v) is 5.50. The molecular weight excluding hydrogens is 336 g/mol. The Hall–Kier alpha value is -2.43. The number of rotatable bonds is 5. The Bertz CT molecular complexity index is 705. The van der Waals surface area contributed by atoms with Gasteiger partial charge < -0.3 is 10.1 Å². The zero-order valence-corrected chi connectivity index (χ0v) is 15.9. The lowest BCUT2D eigenvalue weighted by atomic mass is 10.2. The molecule has 2 rings (SSSR count). The van der Waals surface area contributed by atoms with E-state index in [1.54, 1.807) is 12.4 Å². The van der Waals surface area contributed by atoms with Gasteiger partial charge in [0.15, 0.2) is 5.13 Å². The van der Waals surface area contributed by atoms with Crippen LogP contribution in [-0.4, -0.2) is 35.8 Å². The Morgan fingerprint density at radius 3 is 2.68 bits per heavy atom. The highest BCUT2D eigenvalue weighted by molar-refractivity contribution is 7.16. The van der Waals surface area contributed by atoms with Crippen LogP contribution in [0.3, 0.4) is 0 Å². The Kier molecular flexibility index (Phi) is 9.90. The average Bonchev–Trinajstić information content (AvgIpc) is 2.99. The summed E-state index contributed by atoms with van der Waals surface area (Å²) in [4.78, 5) is 20.8. The van der Waals surface area contributed by atoms with E-state index < -0.39 is 0 Å². The molecule has 0 atom stereocenters. The maximum Gasteiger partial charge on any atom is 0.321 e. The first-order valence-corrected chi connectivity index (χ1v) is 9.02.